The van der Waals surface area contributed by atoms with Crippen molar-refractivity contribution in [3.63, 3.8) is 0 Å². The summed E-state index contributed by atoms with van der Waals surface area (Å²) in [5.41, 5.74) is 12.4. The maximum atomic E-state index is 6.72. The Morgan fingerprint density at radius 1 is 0.352 bits per heavy atom. The SMILES string of the molecule is C=Cc1c(-c2ccccc2)ccc(-c2c3ccccc3c(-c3ccc4oc5c6oc7ccccc7c6c6ccccc6c5c4c3)c3ccccc23)c1C=C. The average Bonchev–Trinajstić information content (AvgIpc) is 3.82. The molecule has 54 heavy (non-hydrogen) atoms. The van der Waals surface area contributed by atoms with E-state index in [0.717, 1.165) is 88.0 Å². The second-order valence-electron chi connectivity index (χ2n) is 14.0. The molecule has 0 N–H and O–H groups in total. The van der Waals surface area contributed by atoms with E-state index in [9.17, 15) is 0 Å². The molecule has 0 amide bonds. The number of furan rings is 2. The third kappa shape index (κ3) is 4.22. The minimum Gasteiger partial charge on any atom is -0.452 e. The summed E-state index contributed by atoms with van der Waals surface area (Å²) in [6.45, 7) is 8.59. The van der Waals surface area contributed by atoms with Gasteiger partial charge in [0.2, 0.25) is 0 Å². The van der Waals surface area contributed by atoms with Gasteiger partial charge in [-0.15, -0.1) is 0 Å². The van der Waals surface area contributed by atoms with Crippen molar-refractivity contribution in [3.05, 3.63) is 182 Å². The van der Waals surface area contributed by atoms with Crippen molar-refractivity contribution in [1.29, 1.82) is 0 Å². The number of para-hydroxylation sites is 1. The summed E-state index contributed by atoms with van der Waals surface area (Å²) < 4.78 is 13.3. The number of hydrogen-bond donors (Lipinski definition) is 0. The van der Waals surface area contributed by atoms with Crippen LogP contribution in [0.1, 0.15) is 11.1 Å². The minimum absolute atomic E-state index is 0.783. The molecule has 9 aromatic carbocycles. The summed E-state index contributed by atoms with van der Waals surface area (Å²) in [7, 11) is 0. The molecule has 2 aromatic heterocycles. The molecule has 0 aliphatic heterocycles. The number of hydrogen-bond acceptors (Lipinski definition) is 2. The van der Waals surface area contributed by atoms with Gasteiger partial charge in [0.15, 0.2) is 11.2 Å². The fourth-order valence-corrected chi connectivity index (χ4v) is 8.97. The molecule has 2 heterocycles. The molecule has 11 rings (SSSR count). The van der Waals surface area contributed by atoms with Crippen LogP contribution in [-0.2, 0) is 0 Å². The first-order valence-corrected chi connectivity index (χ1v) is 18.3. The highest BCUT2D eigenvalue weighted by Crippen LogP contribution is 2.49. The standard InChI is InChI=1S/C52H32O2/c1-3-33-34(4-2)42(28-27-35(33)31-16-6-5-7-17-31)48-38-20-10-8-18-36(38)47(37-19-9-11-21-39(37)48)32-26-29-46-44(30-32)50-41-23-13-12-22-40(41)49-43-24-14-15-25-45(43)53-51(49)52(50)54-46/h3-30H,1-2H2. The molecule has 0 bridgehead atoms. The molecular formula is C52H32O2. The van der Waals surface area contributed by atoms with Gasteiger partial charge >= 0.3 is 0 Å². The molecule has 0 aliphatic rings. The molecule has 2 nitrogen and oxygen atoms in total. The summed E-state index contributed by atoms with van der Waals surface area (Å²) in [4.78, 5) is 0. The highest BCUT2D eigenvalue weighted by atomic mass is 16.4. The lowest BCUT2D eigenvalue weighted by molar-refractivity contribution is 0.633. The van der Waals surface area contributed by atoms with Crippen LogP contribution in [-0.4, -0.2) is 0 Å². The molecule has 0 saturated carbocycles. The average molecular weight is 689 g/mol. The van der Waals surface area contributed by atoms with E-state index in [2.05, 4.69) is 153 Å². The predicted molar refractivity (Wildman–Crippen MR) is 230 cm³/mol. The molecule has 0 fully saturated rings. The third-order valence-electron chi connectivity index (χ3n) is 11.2. The first-order valence-electron chi connectivity index (χ1n) is 18.3. The summed E-state index contributed by atoms with van der Waals surface area (Å²) in [6, 6.07) is 56.1. The maximum absolute atomic E-state index is 6.72. The molecule has 0 atom stereocenters. The Hall–Kier alpha value is -7.16. The Morgan fingerprint density at radius 3 is 1.43 bits per heavy atom. The highest BCUT2D eigenvalue weighted by molar-refractivity contribution is 6.34. The summed E-state index contributed by atoms with van der Waals surface area (Å²) in [5.74, 6) is 0. The maximum Gasteiger partial charge on any atom is 0.179 e. The van der Waals surface area contributed by atoms with Gasteiger partial charge in [-0.3, -0.25) is 0 Å². The van der Waals surface area contributed by atoms with Crippen molar-refractivity contribution in [1.82, 2.24) is 0 Å². The number of fused-ring (bicyclic) bond motifs is 12. The lowest BCUT2D eigenvalue weighted by atomic mass is 9.82. The van der Waals surface area contributed by atoms with Gasteiger partial charge in [0.05, 0.1) is 0 Å². The fourth-order valence-electron chi connectivity index (χ4n) is 8.97. The molecule has 11 aromatic rings. The van der Waals surface area contributed by atoms with Gasteiger partial charge in [-0.2, -0.15) is 0 Å². The summed E-state index contributed by atoms with van der Waals surface area (Å²) >= 11 is 0. The second-order valence-corrected chi connectivity index (χ2v) is 14.0. The van der Waals surface area contributed by atoms with Crippen molar-refractivity contribution in [2.24, 2.45) is 0 Å². The van der Waals surface area contributed by atoms with Crippen molar-refractivity contribution in [3.8, 4) is 33.4 Å². The monoisotopic (exact) mass is 688 g/mol. The molecular weight excluding hydrogens is 657 g/mol. The predicted octanol–water partition coefficient (Wildman–Crippen LogP) is 15.2. The molecule has 2 heteroatoms. The van der Waals surface area contributed by atoms with Crippen LogP contribution in [0.4, 0.5) is 0 Å². The molecule has 0 radical (unpaired) electrons. The van der Waals surface area contributed by atoms with Crippen LogP contribution in [0.5, 0.6) is 0 Å². The molecule has 0 spiro atoms. The van der Waals surface area contributed by atoms with Crippen molar-refractivity contribution in [2.45, 2.75) is 0 Å². The minimum atomic E-state index is 0.783. The van der Waals surface area contributed by atoms with Gasteiger partial charge in [0.1, 0.15) is 11.2 Å². The van der Waals surface area contributed by atoms with Crippen LogP contribution in [0.15, 0.2) is 180 Å². The zero-order valence-corrected chi connectivity index (χ0v) is 29.4. The van der Waals surface area contributed by atoms with E-state index in [0.29, 0.717) is 0 Å². The van der Waals surface area contributed by atoms with Crippen molar-refractivity contribution < 1.29 is 8.83 Å². The van der Waals surface area contributed by atoms with Crippen LogP contribution in [0.25, 0.3) is 122 Å². The largest absolute Gasteiger partial charge is 0.452 e. The van der Waals surface area contributed by atoms with E-state index in [1.54, 1.807) is 0 Å². The Labute approximate surface area is 311 Å². The Morgan fingerprint density at radius 2 is 0.815 bits per heavy atom. The van der Waals surface area contributed by atoms with Crippen molar-refractivity contribution >= 4 is 88.3 Å². The van der Waals surface area contributed by atoms with Crippen molar-refractivity contribution in [2.75, 3.05) is 0 Å². The first-order chi connectivity index (χ1) is 26.7. The van der Waals surface area contributed by atoms with Gasteiger partial charge in [0, 0.05) is 21.5 Å². The van der Waals surface area contributed by atoms with E-state index in [-0.39, 0.29) is 0 Å². The Bertz CT molecular complexity index is 3300. The Balaban J connectivity index is 1.21. The van der Waals surface area contributed by atoms with E-state index in [1.165, 1.54) is 32.7 Å². The normalized spacial score (nSPS) is 11.9. The zero-order valence-electron chi connectivity index (χ0n) is 29.4. The molecule has 0 aliphatic carbocycles. The fraction of sp³-hybridized carbons (Fsp3) is 0. The third-order valence-corrected chi connectivity index (χ3v) is 11.2. The quantitative estimate of drug-likeness (QED) is 0.168. The lowest BCUT2D eigenvalue weighted by Gasteiger charge is -2.21. The van der Waals surface area contributed by atoms with Crippen LogP contribution < -0.4 is 0 Å². The number of benzene rings is 9. The first kappa shape index (κ1) is 30.5. The van der Waals surface area contributed by atoms with Gasteiger partial charge in [-0.05, 0) is 95.0 Å². The van der Waals surface area contributed by atoms with Gasteiger partial charge < -0.3 is 8.83 Å². The zero-order chi connectivity index (χ0) is 35.9. The highest BCUT2D eigenvalue weighted by Gasteiger charge is 2.23. The van der Waals surface area contributed by atoms with Gasteiger partial charge in [0.25, 0.3) is 0 Å². The Kier molecular flexibility index (Phi) is 6.59. The molecule has 0 saturated heterocycles. The van der Waals surface area contributed by atoms with Crippen LogP contribution in [0, 0.1) is 0 Å². The van der Waals surface area contributed by atoms with E-state index >= 15 is 0 Å². The molecule has 0 unspecified atom stereocenters. The van der Waals surface area contributed by atoms with Gasteiger partial charge in [-0.25, -0.2) is 0 Å². The summed E-state index contributed by atoms with van der Waals surface area (Å²) in [6.07, 6.45) is 3.95. The van der Waals surface area contributed by atoms with Crippen LogP contribution in [0.2, 0.25) is 0 Å². The lowest BCUT2D eigenvalue weighted by Crippen LogP contribution is -1.95. The van der Waals surface area contributed by atoms with E-state index in [1.807, 2.05) is 30.4 Å². The van der Waals surface area contributed by atoms with Crippen LogP contribution >= 0.6 is 0 Å². The molecule has 252 valence electrons. The summed E-state index contributed by atoms with van der Waals surface area (Å²) in [5, 5.41) is 11.4. The topological polar surface area (TPSA) is 26.3 Å². The van der Waals surface area contributed by atoms with Crippen LogP contribution in [0.3, 0.4) is 0 Å². The van der Waals surface area contributed by atoms with E-state index < -0.39 is 0 Å². The number of rotatable bonds is 5. The van der Waals surface area contributed by atoms with Gasteiger partial charge in [-0.1, -0.05) is 165 Å². The smallest absolute Gasteiger partial charge is 0.179 e. The second kappa shape index (κ2) is 11.7. The van der Waals surface area contributed by atoms with E-state index in [4.69, 9.17) is 8.83 Å².